The number of benzene rings is 3. The summed E-state index contributed by atoms with van der Waals surface area (Å²) in [5.74, 6) is 0.0831. The van der Waals surface area contributed by atoms with Gasteiger partial charge in [0.15, 0.2) is 5.82 Å². The maximum Gasteiger partial charge on any atom is 0.304 e. The van der Waals surface area contributed by atoms with E-state index in [1.165, 1.54) is 32.1 Å². The number of amides is 1. The zero-order chi connectivity index (χ0) is 36.7. The van der Waals surface area contributed by atoms with Crippen molar-refractivity contribution in [1.29, 1.82) is 0 Å². The molecule has 9 heteroatoms. The van der Waals surface area contributed by atoms with E-state index in [4.69, 9.17) is 9.84 Å². The third-order valence-electron chi connectivity index (χ3n) is 8.90. The van der Waals surface area contributed by atoms with E-state index in [1.807, 2.05) is 60.7 Å². The van der Waals surface area contributed by atoms with Gasteiger partial charge in [-0.1, -0.05) is 108 Å². The molecule has 1 aromatic heterocycles. The van der Waals surface area contributed by atoms with E-state index in [0.29, 0.717) is 11.4 Å². The van der Waals surface area contributed by atoms with Gasteiger partial charge in [0.2, 0.25) is 0 Å². The Morgan fingerprint density at radius 2 is 1.43 bits per heavy atom. The van der Waals surface area contributed by atoms with Crippen LogP contribution in [-0.2, 0) is 21.4 Å². The van der Waals surface area contributed by atoms with Crippen LogP contribution in [0.15, 0.2) is 85.2 Å². The SMILES string of the molecule is CCCCCCCCOc1ccc(-c2cnc(-c3ccc(CC(C=O)(CNCCC(=O)O)NC(=O)c4ccc(C(C)(C)C)cc4)cc3)nc2)cc1. The first-order chi connectivity index (χ1) is 24.5. The highest BCUT2D eigenvalue weighted by atomic mass is 16.5. The van der Waals surface area contributed by atoms with Gasteiger partial charge < -0.3 is 25.3 Å². The first kappa shape index (κ1) is 38.9. The molecule has 0 fully saturated rings. The number of unbranched alkanes of at least 4 members (excludes halogenated alkanes) is 5. The molecule has 9 nitrogen and oxygen atoms in total. The van der Waals surface area contributed by atoms with Crippen molar-refractivity contribution in [2.75, 3.05) is 19.7 Å². The van der Waals surface area contributed by atoms with Crippen LogP contribution in [-0.4, -0.2) is 58.5 Å². The Kier molecular flexibility index (Phi) is 14.4. The largest absolute Gasteiger partial charge is 0.494 e. The number of hydrogen-bond acceptors (Lipinski definition) is 7. The zero-order valence-corrected chi connectivity index (χ0v) is 30.4. The summed E-state index contributed by atoms with van der Waals surface area (Å²) < 4.78 is 5.92. The first-order valence-corrected chi connectivity index (χ1v) is 18.0. The van der Waals surface area contributed by atoms with Crippen LogP contribution in [0.2, 0.25) is 0 Å². The van der Waals surface area contributed by atoms with Gasteiger partial charge in [-0.05, 0) is 52.8 Å². The van der Waals surface area contributed by atoms with Gasteiger partial charge >= 0.3 is 5.97 Å². The second-order valence-corrected chi connectivity index (χ2v) is 14.2. The van der Waals surface area contributed by atoms with Crippen molar-refractivity contribution in [2.45, 2.75) is 90.0 Å². The van der Waals surface area contributed by atoms with Crippen LogP contribution >= 0.6 is 0 Å². The number of nitrogens with one attached hydrogen (secondary N) is 2. The van der Waals surface area contributed by atoms with Gasteiger partial charge in [0.1, 0.15) is 17.6 Å². The van der Waals surface area contributed by atoms with E-state index in [-0.39, 0.29) is 37.3 Å². The maximum absolute atomic E-state index is 13.4. The molecule has 1 amide bonds. The van der Waals surface area contributed by atoms with Crippen LogP contribution in [0.25, 0.3) is 22.5 Å². The molecule has 0 aliphatic heterocycles. The highest BCUT2D eigenvalue weighted by molar-refractivity contribution is 5.96. The molecule has 51 heavy (non-hydrogen) atoms. The Morgan fingerprint density at radius 1 is 0.804 bits per heavy atom. The van der Waals surface area contributed by atoms with E-state index >= 15 is 0 Å². The number of hydrogen-bond donors (Lipinski definition) is 3. The zero-order valence-electron chi connectivity index (χ0n) is 30.4. The van der Waals surface area contributed by atoms with Crippen molar-refractivity contribution in [1.82, 2.24) is 20.6 Å². The minimum absolute atomic E-state index is 0.0636. The Labute approximate surface area is 302 Å². The summed E-state index contributed by atoms with van der Waals surface area (Å²) in [5.41, 5.74) is 3.66. The lowest BCUT2D eigenvalue weighted by Crippen LogP contribution is -2.57. The lowest BCUT2D eigenvalue weighted by atomic mass is 9.86. The summed E-state index contributed by atoms with van der Waals surface area (Å²) in [6.07, 6.45) is 11.8. The van der Waals surface area contributed by atoms with Gasteiger partial charge in [0, 0.05) is 48.6 Å². The van der Waals surface area contributed by atoms with Crippen LogP contribution in [0.3, 0.4) is 0 Å². The van der Waals surface area contributed by atoms with Crippen LogP contribution in [0, 0.1) is 0 Å². The van der Waals surface area contributed by atoms with Crippen molar-refractivity contribution >= 4 is 18.2 Å². The molecule has 4 aromatic rings. The molecule has 4 rings (SSSR count). The third kappa shape index (κ3) is 12.1. The van der Waals surface area contributed by atoms with E-state index < -0.39 is 11.5 Å². The fourth-order valence-electron chi connectivity index (χ4n) is 5.77. The second kappa shape index (κ2) is 18.9. The molecule has 0 aliphatic rings. The number of carboxylic acids is 1. The summed E-state index contributed by atoms with van der Waals surface area (Å²) in [6.45, 7) is 9.47. The van der Waals surface area contributed by atoms with Gasteiger partial charge in [-0.25, -0.2) is 9.97 Å². The predicted octanol–water partition coefficient (Wildman–Crippen LogP) is 7.82. The number of nitrogens with zero attached hydrogens (tertiary/aromatic N) is 2. The van der Waals surface area contributed by atoms with Crippen LogP contribution in [0.1, 0.15) is 94.1 Å². The molecule has 1 heterocycles. The van der Waals surface area contributed by atoms with Gasteiger partial charge in [0.05, 0.1) is 13.0 Å². The summed E-state index contributed by atoms with van der Waals surface area (Å²) in [5, 5.41) is 15.0. The van der Waals surface area contributed by atoms with Crippen LogP contribution in [0.5, 0.6) is 5.75 Å². The third-order valence-corrected chi connectivity index (χ3v) is 8.90. The summed E-state index contributed by atoms with van der Waals surface area (Å²) >= 11 is 0. The number of carboxylic acid groups (broad SMARTS) is 1. The fourth-order valence-corrected chi connectivity index (χ4v) is 5.77. The molecule has 0 saturated carbocycles. The lowest BCUT2D eigenvalue weighted by molar-refractivity contribution is -0.136. The minimum atomic E-state index is -1.31. The van der Waals surface area contributed by atoms with Crippen LogP contribution in [0.4, 0.5) is 0 Å². The van der Waals surface area contributed by atoms with E-state index in [2.05, 4.69) is 48.3 Å². The minimum Gasteiger partial charge on any atom is -0.494 e. The molecular weight excluding hydrogens is 640 g/mol. The molecule has 3 N–H and O–H groups in total. The summed E-state index contributed by atoms with van der Waals surface area (Å²) in [4.78, 5) is 46.3. The molecular formula is C42H52N4O5. The van der Waals surface area contributed by atoms with E-state index in [9.17, 15) is 14.4 Å². The van der Waals surface area contributed by atoms with E-state index in [0.717, 1.165) is 52.9 Å². The number of aliphatic carboxylic acids is 1. The highest BCUT2D eigenvalue weighted by Crippen LogP contribution is 2.25. The number of aldehydes is 1. The molecule has 3 aromatic carbocycles. The fraction of sp³-hybridized carbons (Fsp3) is 0.405. The lowest BCUT2D eigenvalue weighted by Gasteiger charge is -2.30. The molecule has 1 unspecified atom stereocenters. The monoisotopic (exact) mass is 692 g/mol. The Hall–Kier alpha value is -4.89. The normalized spacial score (nSPS) is 12.5. The average molecular weight is 693 g/mol. The molecule has 270 valence electrons. The van der Waals surface area contributed by atoms with Gasteiger partial charge in [0.25, 0.3) is 5.91 Å². The topological polar surface area (TPSA) is 131 Å². The van der Waals surface area contributed by atoms with Crippen molar-refractivity contribution in [3.05, 3.63) is 102 Å². The number of ether oxygens (including phenoxy) is 1. The van der Waals surface area contributed by atoms with Gasteiger partial charge in [-0.2, -0.15) is 0 Å². The first-order valence-electron chi connectivity index (χ1n) is 18.0. The van der Waals surface area contributed by atoms with Crippen molar-refractivity contribution in [3.63, 3.8) is 0 Å². The Balaban J connectivity index is 1.40. The maximum atomic E-state index is 13.4. The number of carbonyl (C=O) groups is 3. The number of carbonyl (C=O) groups excluding carboxylic acids is 2. The Morgan fingerprint density at radius 3 is 2.04 bits per heavy atom. The Bertz CT molecular complexity index is 1680. The predicted molar refractivity (Wildman–Crippen MR) is 202 cm³/mol. The molecule has 0 spiro atoms. The van der Waals surface area contributed by atoms with Gasteiger partial charge in [-0.15, -0.1) is 0 Å². The standard InChI is InChI=1S/C42H52N4O5/c1-5-6-7-8-9-10-25-51-37-21-17-32(18-22-37)35-27-44-39(45-28-35)33-13-11-31(12-14-33)26-42(30-47,29-43-24-23-38(48)49)46-40(50)34-15-19-36(20-16-34)41(2,3)4/h11-22,27-28,30,43H,5-10,23-26,29H2,1-4H3,(H,46,50)(H,48,49). The quantitative estimate of drug-likeness (QED) is 0.0632. The smallest absolute Gasteiger partial charge is 0.304 e. The number of rotatable bonds is 20. The molecule has 0 saturated heterocycles. The average Bonchev–Trinajstić information content (AvgIpc) is 3.13. The highest BCUT2D eigenvalue weighted by Gasteiger charge is 2.32. The summed E-state index contributed by atoms with van der Waals surface area (Å²) in [7, 11) is 0. The van der Waals surface area contributed by atoms with Crippen molar-refractivity contribution < 1.29 is 24.2 Å². The van der Waals surface area contributed by atoms with Crippen molar-refractivity contribution in [3.8, 4) is 28.3 Å². The molecule has 1 atom stereocenters. The molecule has 0 aliphatic carbocycles. The summed E-state index contributed by atoms with van der Waals surface area (Å²) in [6, 6.07) is 22.9. The second-order valence-electron chi connectivity index (χ2n) is 14.2. The van der Waals surface area contributed by atoms with Crippen molar-refractivity contribution in [2.24, 2.45) is 0 Å². The van der Waals surface area contributed by atoms with Crippen LogP contribution < -0.4 is 15.4 Å². The molecule has 0 radical (unpaired) electrons. The molecule has 0 bridgehead atoms. The van der Waals surface area contributed by atoms with E-state index in [1.54, 1.807) is 24.5 Å². The van der Waals surface area contributed by atoms with Gasteiger partial charge in [-0.3, -0.25) is 9.59 Å². The number of aromatic nitrogens is 2.